The molecule has 3 heteroatoms. The highest BCUT2D eigenvalue weighted by molar-refractivity contribution is 5.67. The van der Waals surface area contributed by atoms with Crippen LogP contribution in [0.15, 0.2) is 11.8 Å². The van der Waals surface area contributed by atoms with Gasteiger partial charge in [-0.25, -0.2) is 0 Å². The van der Waals surface area contributed by atoms with Crippen molar-refractivity contribution in [3.05, 3.63) is 11.8 Å². The van der Waals surface area contributed by atoms with Gasteiger partial charge in [0.05, 0.1) is 6.61 Å². The molecular weight excluding hydrogens is 120 g/mol. The Balaban J connectivity index is 2.35. The third-order valence-corrected chi connectivity index (χ3v) is 0.948. The third-order valence-electron chi connectivity index (χ3n) is 0.948. The van der Waals surface area contributed by atoms with Crippen LogP contribution in [0.3, 0.4) is 0 Å². The van der Waals surface area contributed by atoms with E-state index in [1.54, 1.807) is 6.08 Å². The zero-order valence-electron chi connectivity index (χ0n) is 5.22. The van der Waals surface area contributed by atoms with Gasteiger partial charge in [0.1, 0.15) is 12.4 Å². The normalized spacial score (nSPS) is 17.2. The van der Waals surface area contributed by atoms with Gasteiger partial charge in [-0.15, -0.1) is 0 Å². The van der Waals surface area contributed by atoms with Gasteiger partial charge in [-0.1, -0.05) is 0 Å². The Morgan fingerprint density at radius 1 is 1.89 bits per heavy atom. The van der Waals surface area contributed by atoms with Gasteiger partial charge < -0.3 is 9.47 Å². The summed E-state index contributed by atoms with van der Waals surface area (Å²) in [6, 6.07) is 0. The van der Waals surface area contributed by atoms with E-state index in [1.807, 2.05) is 0 Å². The first-order valence-electron chi connectivity index (χ1n) is 2.74. The van der Waals surface area contributed by atoms with Gasteiger partial charge in [0.25, 0.3) is 0 Å². The molecule has 1 rings (SSSR count). The second-order valence-corrected chi connectivity index (χ2v) is 1.78. The number of hydrogen-bond acceptors (Lipinski definition) is 3. The van der Waals surface area contributed by atoms with Crippen molar-refractivity contribution in [1.82, 2.24) is 0 Å². The quantitative estimate of drug-likeness (QED) is 0.481. The van der Waals surface area contributed by atoms with Gasteiger partial charge in [-0.2, -0.15) is 0 Å². The molecule has 0 saturated heterocycles. The van der Waals surface area contributed by atoms with Crippen molar-refractivity contribution in [2.75, 3.05) is 13.2 Å². The maximum Gasteiger partial charge on any atom is 0.307 e. The van der Waals surface area contributed by atoms with E-state index in [2.05, 4.69) is 0 Å². The standard InChI is InChI=1S/C6H8O3/c1-5(7)9-6-2-3-8-4-6/h2H,3-4H2,1H3. The first kappa shape index (κ1) is 6.29. The summed E-state index contributed by atoms with van der Waals surface area (Å²) in [5, 5.41) is 0. The lowest BCUT2D eigenvalue weighted by Crippen LogP contribution is -1.99. The van der Waals surface area contributed by atoms with E-state index >= 15 is 0 Å². The van der Waals surface area contributed by atoms with E-state index < -0.39 is 0 Å². The Morgan fingerprint density at radius 2 is 2.67 bits per heavy atom. The summed E-state index contributed by atoms with van der Waals surface area (Å²) in [4.78, 5) is 10.3. The predicted octanol–water partition coefficient (Wildman–Crippen LogP) is 0.464. The summed E-state index contributed by atoms with van der Waals surface area (Å²) in [7, 11) is 0. The minimum atomic E-state index is -0.285. The molecule has 0 aromatic carbocycles. The molecule has 1 aliphatic rings. The molecular formula is C6H8O3. The molecule has 9 heavy (non-hydrogen) atoms. The van der Waals surface area contributed by atoms with Crippen molar-refractivity contribution in [3.8, 4) is 0 Å². The lowest BCUT2D eigenvalue weighted by Gasteiger charge is -1.97. The number of ether oxygens (including phenoxy) is 2. The van der Waals surface area contributed by atoms with Gasteiger partial charge in [0, 0.05) is 6.92 Å². The molecule has 3 nitrogen and oxygen atoms in total. The van der Waals surface area contributed by atoms with Gasteiger partial charge in [0.15, 0.2) is 0 Å². The summed E-state index contributed by atoms with van der Waals surface area (Å²) < 4.78 is 9.60. The molecule has 0 saturated carbocycles. The highest BCUT2D eigenvalue weighted by Gasteiger charge is 2.06. The van der Waals surface area contributed by atoms with Crippen molar-refractivity contribution < 1.29 is 14.3 Å². The maximum atomic E-state index is 10.3. The molecule has 50 valence electrons. The molecule has 0 fully saturated rings. The fourth-order valence-corrected chi connectivity index (χ4v) is 0.626. The smallest absolute Gasteiger partial charge is 0.307 e. The van der Waals surface area contributed by atoms with Crippen molar-refractivity contribution in [2.24, 2.45) is 0 Å². The number of carbonyl (C=O) groups excluding carboxylic acids is 1. The van der Waals surface area contributed by atoms with E-state index in [0.29, 0.717) is 19.0 Å². The van der Waals surface area contributed by atoms with Crippen molar-refractivity contribution in [3.63, 3.8) is 0 Å². The molecule has 1 aliphatic heterocycles. The summed E-state index contributed by atoms with van der Waals surface area (Å²) >= 11 is 0. The monoisotopic (exact) mass is 128 g/mol. The lowest BCUT2D eigenvalue weighted by molar-refractivity contribution is -0.137. The lowest BCUT2D eigenvalue weighted by atomic mass is 10.5. The topological polar surface area (TPSA) is 35.5 Å². The van der Waals surface area contributed by atoms with Crippen LogP contribution in [0.5, 0.6) is 0 Å². The van der Waals surface area contributed by atoms with Crippen LogP contribution in [-0.4, -0.2) is 19.2 Å². The Bertz CT molecular complexity index is 148. The SMILES string of the molecule is CC(=O)OC1=CCOC1. The fourth-order valence-electron chi connectivity index (χ4n) is 0.626. The Labute approximate surface area is 53.3 Å². The summed E-state index contributed by atoms with van der Waals surface area (Å²) in [5.41, 5.74) is 0. The first-order chi connectivity index (χ1) is 4.29. The number of carbonyl (C=O) groups is 1. The van der Waals surface area contributed by atoms with Crippen molar-refractivity contribution in [2.45, 2.75) is 6.92 Å². The van der Waals surface area contributed by atoms with Crippen LogP contribution in [0.25, 0.3) is 0 Å². The predicted molar refractivity (Wildman–Crippen MR) is 30.7 cm³/mol. The Kier molecular flexibility index (Phi) is 1.85. The molecule has 0 unspecified atom stereocenters. The molecule has 0 radical (unpaired) electrons. The molecule has 0 aromatic rings. The summed E-state index contributed by atoms with van der Waals surface area (Å²) in [5.74, 6) is 0.342. The van der Waals surface area contributed by atoms with Crippen LogP contribution in [0.1, 0.15) is 6.92 Å². The molecule has 0 amide bonds. The minimum absolute atomic E-state index is 0.285. The Hall–Kier alpha value is -0.830. The summed E-state index contributed by atoms with van der Waals surface area (Å²) in [6.45, 7) is 2.36. The van der Waals surface area contributed by atoms with Gasteiger partial charge in [-0.3, -0.25) is 4.79 Å². The molecule has 0 atom stereocenters. The molecule has 0 aromatic heterocycles. The van der Waals surface area contributed by atoms with Crippen LogP contribution in [0, 0.1) is 0 Å². The molecule has 0 aliphatic carbocycles. The molecule has 0 spiro atoms. The van der Waals surface area contributed by atoms with E-state index in [1.165, 1.54) is 6.92 Å². The average Bonchev–Trinajstić information content (AvgIpc) is 2.15. The molecule has 1 heterocycles. The van der Waals surface area contributed by atoms with E-state index in [9.17, 15) is 4.79 Å². The molecule has 0 N–H and O–H groups in total. The Morgan fingerprint density at radius 3 is 3.11 bits per heavy atom. The first-order valence-corrected chi connectivity index (χ1v) is 2.74. The van der Waals surface area contributed by atoms with E-state index in [4.69, 9.17) is 9.47 Å². The number of esters is 1. The largest absolute Gasteiger partial charge is 0.429 e. The van der Waals surface area contributed by atoms with E-state index in [0.717, 1.165) is 0 Å². The van der Waals surface area contributed by atoms with Gasteiger partial charge >= 0.3 is 5.97 Å². The highest BCUT2D eigenvalue weighted by Crippen LogP contribution is 2.04. The van der Waals surface area contributed by atoms with Gasteiger partial charge in [-0.05, 0) is 6.08 Å². The van der Waals surface area contributed by atoms with Crippen LogP contribution in [0.4, 0.5) is 0 Å². The van der Waals surface area contributed by atoms with Crippen LogP contribution in [-0.2, 0) is 14.3 Å². The second-order valence-electron chi connectivity index (χ2n) is 1.78. The number of hydrogen-bond donors (Lipinski definition) is 0. The maximum absolute atomic E-state index is 10.3. The van der Waals surface area contributed by atoms with Crippen molar-refractivity contribution in [1.29, 1.82) is 0 Å². The number of rotatable bonds is 1. The van der Waals surface area contributed by atoms with Crippen LogP contribution < -0.4 is 0 Å². The molecule has 0 bridgehead atoms. The van der Waals surface area contributed by atoms with Crippen LogP contribution >= 0.6 is 0 Å². The second kappa shape index (κ2) is 2.64. The summed E-state index contributed by atoms with van der Waals surface area (Å²) in [6.07, 6.45) is 1.75. The average molecular weight is 128 g/mol. The third kappa shape index (κ3) is 1.85. The van der Waals surface area contributed by atoms with E-state index in [-0.39, 0.29) is 5.97 Å². The fraction of sp³-hybridized carbons (Fsp3) is 0.500. The van der Waals surface area contributed by atoms with Gasteiger partial charge in [0.2, 0.25) is 0 Å². The zero-order valence-corrected chi connectivity index (χ0v) is 5.22. The minimum Gasteiger partial charge on any atom is -0.429 e. The van der Waals surface area contributed by atoms with Crippen molar-refractivity contribution >= 4 is 5.97 Å². The van der Waals surface area contributed by atoms with Crippen LogP contribution in [0.2, 0.25) is 0 Å². The highest BCUT2D eigenvalue weighted by atomic mass is 16.6. The zero-order chi connectivity index (χ0) is 6.69.